The summed E-state index contributed by atoms with van der Waals surface area (Å²) in [5, 5.41) is 18.9. The molecule has 0 atom stereocenters. The largest absolute Gasteiger partial charge is 0.464 e. The van der Waals surface area contributed by atoms with Gasteiger partial charge in [0, 0.05) is 17.8 Å². The van der Waals surface area contributed by atoms with Gasteiger partial charge in [-0.25, -0.2) is 14.3 Å². The Kier molecular flexibility index (Phi) is 2.36. The Hall–Kier alpha value is -2.35. The monoisotopic (exact) mass is 229 g/mol. The van der Waals surface area contributed by atoms with E-state index in [1.54, 1.807) is 26.0 Å². The van der Waals surface area contributed by atoms with Crippen molar-refractivity contribution in [2.24, 2.45) is 0 Å². The number of hydrogen-bond acceptors (Lipinski definition) is 3. The molecule has 2 aromatic rings. The van der Waals surface area contributed by atoms with Crippen molar-refractivity contribution in [1.82, 2.24) is 9.55 Å². The molecule has 0 fully saturated rings. The lowest BCUT2D eigenvalue weighted by molar-refractivity contribution is 0.197. The van der Waals surface area contributed by atoms with E-state index in [4.69, 9.17) is 10.4 Å². The fourth-order valence-electron chi connectivity index (χ4n) is 1.76. The molecule has 5 nitrogen and oxygen atoms in total. The summed E-state index contributed by atoms with van der Waals surface area (Å²) in [5.74, 6) is 0. The van der Waals surface area contributed by atoms with Crippen molar-refractivity contribution < 1.29 is 9.90 Å². The summed E-state index contributed by atoms with van der Waals surface area (Å²) in [7, 11) is 0. The van der Waals surface area contributed by atoms with Crippen LogP contribution in [0.5, 0.6) is 0 Å². The van der Waals surface area contributed by atoms with Crippen molar-refractivity contribution in [2.75, 3.05) is 0 Å². The van der Waals surface area contributed by atoms with Gasteiger partial charge >= 0.3 is 6.09 Å². The Morgan fingerprint density at radius 2 is 2.29 bits per heavy atom. The number of nitriles is 1. The molecule has 0 aliphatic carbocycles. The number of fused-ring (bicyclic) bond motifs is 1. The first-order valence-electron chi connectivity index (χ1n) is 5.08. The minimum absolute atomic E-state index is 0.360. The second kappa shape index (κ2) is 3.59. The van der Waals surface area contributed by atoms with E-state index in [2.05, 4.69) is 11.1 Å². The van der Waals surface area contributed by atoms with Gasteiger partial charge in [0.05, 0.1) is 11.5 Å². The van der Waals surface area contributed by atoms with Crippen LogP contribution in [0.3, 0.4) is 0 Å². The van der Waals surface area contributed by atoms with Crippen LogP contribution in [-0.2, 0) is 5.41 Å². The van der Waals surface area contributed by atoms with E-state index in [1.807, 2.05) is 0 Å². The van der Waals surface area contributed by atoms with Crippen molar-refractivity contribution in [3.8, 4) is 6.07 Å². The molecule has 0 aliphatic rings. The molecule has 2 heterocycles. The smallest absolute Gasteiger partial charge is 0.417 e. The molecule has 0 radical (unpaired) electrons. The highest BCUT2D eigenvalue weighted by Gasteiger charge is 2.26. The highest BCUT2D eigenvalue weighted by Crippen LogP contribution is 2.30. The van der Waals surface area contributed by atoms with E-state index in [-0.39, 0.29) is 0 Å². The van der Waals surface area contributed by atoms with E-state index in [9.17, 15) is 4.79 Å². The molecule has 0 spiro atoms. The van der Waals surface area contributed by atoms with E-state index < -0.39 is 11.5 Å². The number of nitrogens with zero attached hydrogens (tertiary/aromatic N) is 3. The fourth-order valence-corrected chi connectivity index (χ4v) is 1.76. The van der Waals surface area contributed by atoms with Gasteiger partial charge in [0.15, 0.2) is 0 Å². The van der Waals surface area contributed by atoms with Crippen molar-refractivity contribution in [3.63, 3.8) is 0 Å². The summed E-state index contributed by atoms with van der Waals surface area (Å²) in [6.07, 6.45) is 1.89. The highest BCUT2D eigenvalue weighted by atomic mass is 16.4. The molecule has 0 bridgehead atoms. The molecule has 86 valence electrons. The van der Waals surface area contributed by atoms with Gasteiger partial charge in [-0.2, -0.15) is 5.26 Å². The normalized spacial score (nSPS) is 11.4. The number of hydrogen-bond donors (Lipinski definition) is 1. The van der Waals surface area contributed by atoms with Crippen LogP contribution >= 0.6 is 0 Å². The zero-order valence-corrected chi connectivity index (χ0v) is 9.51. The summed E-state index contributed by atoms with van der Waals surface area (Å²) in [4.78, 5) is 15.1. The lowest BCUT2D eigenvalue weighted by atomic mass is 9.86. The predicted molar refractivity (Wildman–Crippen MR) is 61.8 cm³/mol. The lowest BCUT2D eigenvalue weighted by Crippen LogP contribution is -2.13. The van der Waals surface area contributed by atoms with E-state index in [1.165, 1.54) is 12.4 Å². The first-order chi connectivity index (χ1) is 7.97. The molecule has 17 heavy (non-hydrogen) atoms. The van der Waals surface area contributed by atoms with Crippen LogP contribution in [0.4, 0.5) is 4.79 Å². The zero-order valence-electron chi connectivity index (χ0n) is 9.51. The molecule has 0 unspecified atom stereocenters. The minimum atomic E-state index is -1.10. The number of rotatable bonds is 1. The van der Waals surface area contributed by atoms with Gasteiger partial charge < -0.3 is 5.11 Å². The second-order valence-electron chi connectivity index (χ2n) is 4.31. The summed E-state index contributed by atoms with van der Waals surface area (Å²) in [5.41, 5.74) is 0.283. The number of carboxylic acid groups (broad SMARTS) is 1. The quantitative estimate of drug-likeness (QED) is 0.814. The average molecular weight is 229 g/mol. The Balaban J connectivity index is 2.83. The standard InChI is InChI=1S/C12H11N3O2/c1-12(2,7-13)9-6-15(11(16)17)10-8(9)4-3-5-14-10/h3-6H,1-2H3,(H,16,17). The van der Waals surface area contributed by atoms with Gasteiger partial charge in [0.1, 0.15) is 5.65 Å². The van der Waals surface area contributed by atoms with Gasteiger partial charge in [-0.1, -0.05) is 0 Å². The van der Waals surface area contributed by atoms with Gasteiger partial charge in [0.2, 0.25) is 0 Å². The lowest BCUT2D eigenvalue weighted by Gasteiger charge is -2.13. The maximum Gasteiger partial charge on any atom is 0.417 e. The third-order valence-electron chi connectivity index (χ3n) is 2.72. The van der Waals surface area contributed by atoms with Crippen LogP contribution in [0, 0.1) is 11.3 Å². The third kappa shape index (κ3) is 1.64. The predicted octanol–water partition coefficient (Wildman–Crippen LogP) is 2.36. The maximum absolute atomic E-state index is 11.1. The average Bonchev–Trinajstić information content (AvgIpc) is 2.69. The van der Waals surface area contributed by atoms with E-state index in [0.29, 0.717) is 16.6 Å². The van der Waals surface area contributed by atoms with Crippen LogP contribution < -0.4 is 0 Å². The fraction of sp³-hybridized carbons (Fsp3) is 0.250. The Bertz CT molecular complexity index is 635. The number of aromatic nitrogens is 2. The minimum Gasteiger partial charge on any atom is -0.464 e. The summed E-state index contributed by atoms with van der Waals surface area (Å²) in [6.45, 7) is 3.50. The number of carbonyl (C=O) groups is 1. The van der Waals surface area contributed by atoms with Crippen molar-refractivity contribution >= 4 is 17.1 Å². The van der Waals surface area contributed by atoms with Crippen LogP contribution in [0.25, 0.3) is 11.0 Å². The Morgan fingerprint density at radius 1 is 1.59 bits per heavy atom. The molecule has 0 aliphatic heterocycles. The number of pyridine rings is 1. The molecular formula is C12H11N3O2. The van der Waals surface area contributed by atoms with Gasteiger partial charge in [-0.05, 0) is 31.5 Å². The molecular weight excluding hydrogens is 218 g/mol. The molecule has 0 aromatic carbocycles. The van der Waals surface area contributed by atoms with Gasteiger partial charge in [-0.15, -0.1) is 0 Å². The third-order valence-corrected chi connectivity index (χ3v) is 2.72. The van der Waals surface area contributed by atoms with Crippen LogP contribution in [0.2, 0.25) is 0 Å². The molecule has 0 saturated heterocycles. The van der Waals surface area contributed by atoms with Gasteiger partial charge in [0.25, 0.3) is 0 Å². The van der Waals surface area contributed by atoms with E-state index in [0.717, 1.165) is 4.57 Å². The van der Waals surface area contributed by atoms with Crippen LogP contribution in [-0.4, -0.2) is 20.8 Å². The van der Waals surface area contributed by atoms with Gasteiger partial charge in [-0.3, -0.25) is 0 Å². The van der Waals surface area contributed by atoms with E-state index >= 15 is 0 Å². The SMILES string of the molecule is CC(C)(C#N)c1cn(C(=O)O)c2ncccc12. The second-order valence-corrected chi connectivity index (χ2v) is 4.31. The van der Waals surface area contributed by atoms with Crippen molar-refractivity contribution in [1.29, 1.82) is 5.26 Å². The molecule has 0 saturated carbocycles. The molecule has 0 amide bonds. The Labute approximate surface area is 97.9 Å². The molecule has 1 N–H and O–H groups in total. The first-order valence-corrected chi connectivity index (χ1v) is 5.08. The molecule has 2 rings (SSSR count). The van der Waals surface area contributed by atoms with Crippen LogP contribution in [0.15, 0.2) is 24.5 Å². The molecule has 2 aromatic heterocycles. The molecule has 5 heteroatoms. The highest BCUT2D eigenvalue weighted by molar-refractivity contribution is 5.89. The maximum atomic E-state index is 11.1. The zero-order chi connectivity index (χ0) is 12.6. The first kappa shape index (κ1) is 11.1. The summed E-state index contributed by atoms with van der Waals surface area (Å²) >= 11 is 0. The van der Waals surface area contributed by atoms with Crippen molar-refractivity contribution in [3.05, 3.63) is 30.1 Å². The summed E-state index contributed by atoms with van der Waals surface area (Å²) < 4.78 is 1.05. The summed E-state index contributed by atoms with van der Waals surface area (Å²) in [6, 6.07) is 5.67. The van der Waals surface area contributed by atoms with Crippen molar-refractivity contribution in [2.45, 2.75) is 19.3 Å². The Morgan fingerprint density at radius 3 is 2.88 bits per heavy atom. The van der Waals surface area contributed by atoms with Crippen LogP contribution in [0.1, 0.15) is 19.4 Å². The topological polar surface area (TPSA) is 78.9 Å².